The molecule has 1 aromatic rings. The van der Waals surface area contributed by atoms with E-state index in [2.05, 4.69) is 12.1 Å². The Hall–Kier alpha value is -1.16. The van der Waals surface area contributed by atoms with Crippen LogP contribution in [0.4, 0.5) is 0 Å². The third kappa shape index (κ3) is 0.952. The van der Waals surface area contributed by atoms with Crippen molar-refractivity contribution in [3.05, 3.63) is 23.5 Å². The van der Waals surface area contributed by atoms with Gasteiger partial charge in [0.2, 0.25) is 0 Å². The molecule has 1 aromatic heterocycles. The lowest BCUT2D eigenvalue weighted by Crippen LogP contribution is -2.04. The van der Waals surface area contributed by atoms with Crippen molar-refractivity contribution in [2.45, 2.75) is 25.7 Å². The molecule has 0 spiro atoms. The van der Waals surface area contributed by atoms with Crippen molar-refractivity contribution in [3.8, 4) is 12.5 Å². The highest BCUT2D eigenvalue weighted by atomic mass is 14.9. The lowest BCUT2D eigenvalue weighted by molar-refractivity contribution is 0.666. The van der Waals surface area contributed by atoms with E-state index in [4.69, 9.17) is 6.42 Å². The molecule has 0 aliphatic heterocycles. The Balaban J connectivity index is 2.48. The van der Waals surface area contributed by atoms with Crippen molar-refractivity contribution in [2.24, 2.45) is 0 Å². The van der Waals surface area contributed by atoms with Crippen LogP contribution in [0.2, 0.25) is 0 Å². The summed E-state index contributed by atoms with van der Waals surface area (Å²) in [5.41, 5.74) is 2.81. The molecule has 1 aliphatic carbocycles. The minimum absolute atomic E-state index is 1.16. The Kier molecular flexibility index (Phi) is 1.47. The standard InChI is InChI=1S/C10H11N/c1-2-11-8-7-9-5-3-4-6-10(9)11/h1,7-8H,3-6H2. The summed E-state index contributed by atoms with van der Waals surface area (Å²) in [4.78, 5) is 0. The first kappa shape index (κ1) is 6.54. The molecule has 0 aromatic carbocycles. The molecule has 1 heteroatoms. The van der Waals surface area contributed by atoms with E-state index in [0.717, 1.165) is 6.42 Å². The highest BCUT2D eigenvalue weighted by Crippen LogP contribution is 2.21. The summed E-state index contributed by atoms with van der Waals surface area (Å²) in [6.45, 7) is 0. The zero-order valence-electron chi connectivity index (χ0n) is 6.51. The van der Waals surface area contributed by atoms with Crippen molar-refractivity contribution in [3.63, 3.8) is 0 Å². The smallest absolute Gasteiger partial charge is 0.0345 e. The maximum Gasteiger partial charge on any atom is 0.0345 e. The average Bonchev–Trinajstić information content (AvgIpc) is 2.47. The maximum absolute atomic E-state index is 5.33. The van der Waals surface area contributed by atoms with Gasteiger partial charge in [0.15, 0.2) is 0 Å². The predicted octanol–water partition coefficient (Wildman–Crippen LogP) is 1.81. The Bertz CT molecular complexity index is 301. The SMILES string of the molecule is C#Cn1ccc2c1CCCC2. The zero-order chi connectivity index (χ0) is 7.68. The molecular formula is C10H11N. The van der Waals surface area contributed by atoms with Crippen LogP contribution >= 0.6 is 0 Å². The van der Waals surface area contributed by atoms with E-state index in [1.54, 1.807) is 0 Å². The molecule has 0 radical (unpaired) electrons. The summed E-state index contributed by atoms with van der Waals surface area (Å²) in [6, 6.07) is 4.80. The quantitative estimate of drug-likeness (QED) is 0.491. The fourth-order valence-corrected chi connectivity index (χ4v) is 1.74. The van der Waals surface area contributed by atoms with E-state index in [1.165, 1.54) is 30.5 Å². The van der Waals surface area contributed by atoms with E-state index >= 15 is 0 Å². The Labute approximate surface area is 67.0 Å². The summed E-state index contributed by atoms with van der Waals surface area (Å²) in [5.74, 6) is 0. The molecule has 11 heavy (non-hydrogen) atoms. The van der Waals surface area contributed by atoms with Crippen LogP contribution in [0.5, 0.6) is 0 Å². The third-order valence-electron chi connectivity index (χ3n) is 2.34. The first-order valence-corrected chi connectivity index (χ1v) is 4.07. The van der Waals surface area contributed by atoms with Crippen LogP contribution in [0.3, 0.4) is 0 Å². The van der Waals surface area contributed by atoms with Gasteiger partial charge in [0.05, 0.1) is 0 Å². The lowest BCUT2D eigenvalue weighted by Gasteiger charge is -2.11. The van der Waals surface area contributed by atoms with Crippen molar-refractivity contribution < 1.29 is 0 Å². The van der Waals surface area contributed by atoms with Crippen molar-refractivity contribution in [1.82, 2.24) is 4.57 Å². The second-order valence-corrected chi connectivity index (χ2v) is 2.99. The first-order valence-electron chi connectivity index (χ1n) is 4.07. The van der Waals surface area contributed by atoms with Crippen LogP contribution in [0.1, 0.15) is 24.1 Å². The topological polar surface area (TPSA) is 4.93 Å². The van der Waals surface area contributed by atoms with E-state index in [0.29, 0.717) is 0 Å². The van der Waals surface area contributed by atoms with Gasteiger partial charge in [-0.05, 0) is 37.3 Å². The van der Waals surface area contributed by atoms with Crippen LogP contribution in [0.25, 0.3) is 0 Å². The summed E-state index contributed by atoms with van der Waals surface area (Å²) in [6.07, 6.45) is 12.3. The van der Waals surface area contributed by atoms with Crippen LogP contribution < -0.4 is 0 Å². The van der Waals surface area contributed by atoms with Crippen LogP contribution in [0.15, 0.2) is 12.3 Å². The van der Waals surface area contributed by atoms with Crippen LogP contribution in [-0.4, -0.2) is 4.57 Å². The molecule has 0 atom stereocenters. The number of aryl methyl sites for hydroxylation is 1. The van der Waals surface area contributed by atoms with Crippen LogP contribution in [-0.2, 0) is 12.8 Å². The van der Waals surface area contributed by atoms with Gasteiger partial charge in [-0.3, -0.25) is 4.57 Å². The van der Waals surface area contributed by atoms with Gasteiger partial charge in [0.25, 0.3) is 0 Å². The zero-order valence-corrected chi connectivity index (χ0v) is 6.51. The molecule has 0 bridgehead atoms. The lowest BCUT2D eigenvalue weighted by atomic mass is 9.98. The fraction of sp³-hybridized carbons (Fsp3) is 0.400. The number of hydrogen-bond acceptors (Lipinski definition) is 0. The van der Waals surface area contributed by atoms with Crippen molar-refractivity contribution in [1.29, 1.82) is 0 Å². The highest BCUT2D eigenvalue weighted by molar-refractivity contribution is 5.28. The number of nitrogens with zero attached hydrogens (tertiary/aromatic N) is 1. The molecule has 1 aliphatic rings. The van der Waals surface area contributed by atoms with Crippen LogP contribution in [0, 0.1) is 12.5 Å². The van der Waals surface area contributed by atoms with Gasteiger partial charge < -0.3 is 0 Å². The molecule has 0 N–H and O–H groups in total. The van der Waals surface area contributed by atoms with E-state index in [1.807, 2.05) is 10.8 Å². The van der Waals surface area contributed by atoms with Gasteiger partial charge in [-0.2, -0.15) is 0 Å². The number of hydrogen-bond donors (Lipinski definition) is 0. The summed E-state index contributed by atoms with van der Waals surface area (Å²) in [5, 5.41) is 0. The van der Waals surface area contributed by atoms with Gasteiger partial charge in [0.1, 0.15) is 0 Å². The van der Waals surface area contributed by atoms with Gasteiger partial charge in [-0.15, -0.1) is 0 Å². The molecule has 0 amide bonds. The average molecular weight is 145 g/mol. The third-order valence-corrected chi connectivity index (χ3v) is 2.34. The summed E-state index contributed by atoms with van der Waals surface area (Å²) < 4.78 is 1.91. The normalized spacial score (nSPS) is 15.5. The molecular weight excluding hydrogens is 134 g/mol. The largest absolute Gasteiger partial charge is 0.281 e. The molecule has 56 valence electrons. The molecule has 0 unspecified atom stereocenters. The Morgan fingerprint density at radius 1 is 1.36 bits per heavy atom. The second kappa shape index (κ2) is 2.47. The number of terminal acetylenes is 1. The minimum Gasteiger partial charge on any atom is -0.281 e. The molecule has 1 heterocycles. The monoisotopic (exact) mass is 145 g/mol. The minimum atomic E-state index is 1.16. The summed E-state index contributed by atoms with van der Waals surface area (Å²) in [7, 11) is 0. The van der Waals surface area contributed by atoms with Gasteiger partial charge >= 0.3 is 0 Å². The molecule has 0 fully saturated rings. The second-order valence-electron chi connectivity index (χ2n) is 2.99. The van der Waals surface area contributed by atoms with Gasteiger partial charge in [0, 0.05) is 17.9 Å². The maximum atomic E-state index is 5.33. The molecule has 0 saturated heterocycles. The number of fused-ring (bicyclic) bond motifs is 1. The predicted molar refractivity (Wildman–Crippen MR) is 45.3 cm³/mol. The van der Waals surface area contributed by atoms with Gasteiger partial charge in [-0.1, -0.05) is 6.42 Å². The van der Waals surface area contributed by atoms with Crippen molar-refractivity contribution >= 4 is 0 Å². The van der Waals surface area contributed by atoms with E-state index in [9.17, 15) is 0 Å². The Morgan fingerprint density at radius 3 is 3.00 bits per heavy atom. The number of rotatable bonds is 0. The fourth-order valence-electron chi connectivity index (χ4n) is 1.74. The summed E-state index contributed by atoms with van der Waals surface area (Å²) >= 11 is 0. The molecule has 1 nitrogen and oxygen atoms in total. The van der Waals surface area contributed by atoms with Crippen molar-refractivity contribution in [2.75, 3.05) is 0 Å². The molecule has 0 saturated carbocycles. The van der Waals surface area contributed by atoms with E-state index in [-0.39, 0.29) is 0 Å². The Morgan fingerprint density at radius 2 is 2.18 bits per heavy atom. The first-order chi connectivity index (χ1) is 5.42. The highest BCUT2D eigenvalue weighted by Gasteiger charge is 2.11. The van der Waals surface area contributed by atoms with E-state index < -0.39 is 0 Å². The number of aromatic nitrogens is 1. The molecule has 2 rings (SSSR count). The van der Waals surface area contributed by atoms with Gasteiger partial charge in [-0.25, -0.2) is 0 Å².